The number of ether oxygens (including phenoxy) is 2. The fourth-order valence-electron chi connectivity index (χ4n) is 2.95. The van der Waals surface area contributed by atoms with Crippen LogP contribution in [0.5, 0.6) is 0 Å². The van der Waals surface area contributed by atoms with Crippen molar-refractivity contribution < 1.29 is 23.5 Å². The van der Waals surface area contributed by atoms with Crippen LogP contribution < -0.4 is 5.73 Å². The summed E-state index contributed by atoms with van der Waals surface area (Å²) in [6.45, 7) is 7.42. The Morgan fingerprint density at radius 1 is 1.05 bits per heavy atom. The van der Waals surface area contributed by atoms with Crippen LogP contribution in [-0.2, 0) is 24.8 Å². The molecule has 2 N–H and O–H groups in total. The zero-order valence-electron chi connectivity index (χ0n) is 12.9. The molecule has 0 aliphatic carbocycles. The topological polar surface area (TPSA) is 91.8 Å². The molecule has 0 radical (unpaired) electrons. The second kappa shape index (κ2) is 4.58. The molecule has 116 valence electrons. The Kier molecular flexibility index (Phi) is 3.04. The number of nitrogens with two attached hydrogens (primary N) is 1. The first-order chi connectivity index (χ1) is 10.3. The molecule has 0 bridgehead atoms. The summed E-state index contributed by atoms with van der Waals surface area (Å²) >= 11 is 0. The standard InChI is InChI=1S/C16H17NO5/c1-7-8(2)11-5-6-20-13(11)12(9(7)3)16(10(4)17)21-14(18)15(19)22-16/h5-6,10H,17H2,1-4H3. The lowest BCUT2D eigenvalue weighted by Crippen LogP contribution is -2.45. The van der Waals surface area contributed by atoms with Crippen molar-refractivity contribution in [3.8, 4) is 0 Å². The molecule has 1 aromatic heterocycles. The van der Waals surface area contributed by atoms with Gasteiger partial charge in [-0.05, 0) is 50.5 Å². The molecular formula is C16H17NO5. The third kappa shape index (κ3) is 1.70. The highest BCUT2D eigenvalue weighted by molar-refractivity contribution is 6.31. The maximum absolute atomic E-state index is 11.6. The van der Waals surface area contributed by atoms with E-state index in [1.807, 2.05) is 26.8 Å². The third-order valence-corrected chi connectivity index (χ3v) is 4.40. The molecule has 1 aliphatic rings. The van der Waals surface area contributed by atoms with Gasteiger partial charge in [-0.3, -0.25) is 0 Å². The van der Waals surface area contributed by atoms with Gasteiger partial charge >= 0.3 is 17.7 Å². The number of fused-ring (bicyclic) bond motifs is 1. The van der Waals surface area contributed by atoms with Crippen LogP contribution >= 0.6 is 0 Å². The molecule has 2 heterocycles. The molecule has 6 nitrogen and oxygen atoms in total. The van der Waals surface area contributed by atoms with E-state index in [1.165, 1.54) is 0 Å². The predicted octanol–water partition coefficient (Wildman–Crippen LogP) is 1.96. The number of carbonyl (C=O) groups is 2. The highest BCUT2D eigenvalue weighted by atomic mass is 16.8. The Bertz CT molecular complexity index is 786. The average molecular weight is 303 g/mol. The van der Waals surface area contributed by atoms with Gasteiger partial charge in [0.15, 0.2) is 0 Å². The Labute approximate surface area is 127 Å². The SMILES string of the molecule is Cc1c(C)c(C2(C(C)N)OC(=O)C(=O)O2)c2occc2c1C. The minimum absolute atomic E-state index is 0.491. The van der Waals surface area contributed by atoms with Gasteiger partial charge in [-0.1, -0.05) is 0 Å². The van der Waals surface area contributed by atoms with Gasteiger partial charge in [0.05, 0.1) is 17.9 Å². The Morgan fingerprint density at radius 3 is 2.18 bits per heavy atom. The average Bonchev–Trinajstić information content (AvgIpc) is 3.03. The number of hydrogen-bond donors (Lipinski definition) is 1. The van der Waals surface area contributed by atoms with Crippen molar-refractivity contribution in [2.24, 2.45) is 5.73 Å². The van der Waals surface area contributed by atoms with Gasteiger partial charge in [-0.25, -0.2) is 9.59 Å². The van der Waals surface area contributed by atoms with Crippen molar-refractivity contribution in [3.63, 3.8) is 0 Å². The molecule has 22 heavy (non-hydrogen) atoms. The summed E-state index contributed by atoms with van der Waals surface area (Å²) < 4.78 is 16.1. The molecule has 1 atom stereocenters. The molecular weight excluding hydrogens is 286 g/mol. The maximum Gasteiger partial charge on any atom is 0.421 e. The first kappa shape index (κ1) is 14.6. The smallest absolute Gasteiger partial charge is 0.421 e. The van der Waals surface area contributed by atoms with Crippen LogP contribution in [0.1, 0.15) is 29.2 Å². The van der Waals surface area contributed by atoms with E-state index in [4.69, 9.17) is 19.6 Å². The number of rotatable bonds is 2. The molecule has 1 unspecified atom stereocenters. The summed E-state index contributed by atoms with van der Waals surface area (Å²) in [5, 5.41) is 0.872. The first-order valence-corrected chi connectivity index (χ1v) is 6.99. The van der Waals surface area contributed by atoms with Crippen molar-refractivity contribution in [2.75, 3.05) is 0 Å². The van der Waals surface area contributed by atoms with E-state index >= 15 is 0 Å². The highest BCUT2D eigenvalue weighted by Crippen LogP contribution is 2.43. The van der Waals surface area contributed by atoms with Gasteiger partial charge in [0.2, 0.25) is 0 Å². The van der Waals surface area contributed by atoms with Crippen molar-refractivity contribution in [2.45, 2.75) is 39.5 Å². The first-order valence-electron chi connectivity index (χ1n) is 6.99. The summed E-state index contributed by atoms with van der Waals surface area (Å²) in [6, 6.07) is 1.07. The quantitative estimate of drug-likeness (QED) is 0.673. The highest BCUT2D eigenvalue weighted by Gasteiger charge is 2.55. The largest absolute Gasteiger partial charge is 0.464 e. The van der Waals surface area contributed by atoms with E-state index in [0.717, 1.165) is 22.1 Å². The van der Waals surface area contributed by atoms with Gasteiger partial charge in [0.1, 0.15) is 5.58 Å². The molecule has 0 saturated carbocycles. The Hall–Kier alpha value is -2.34. The number of furan rings is 1. The second-order valence-electron chi connectivity index (χ2n) is 5.65. The summed E-state index contributed by atoms with van der Waals surface area (Å²) in [7, 11) is 0. The van der Waals surface area contributed by atoms with E-state index in [1.54, 1.807) is 13.2 Å². The van der Waals surface area contributed by atoms with Gasteiger partial charge in [0.25, 0.3) is 0 Å². The van der Waals surface area contributed by atoms with Crippen LogP contribution in [0.25, 0.3) is 11.0 Å². The molecule has 3 rings (SSSR count). The number of aryl methyl sites for hydroxylation is 1. The molecule has 1 aromatic carbocycles. The fourth-order valence-corrected chi connectivity index (χ4v) is 2.95. The number of esters is 2. The zero-order chi connectivity index (χ0) is 16.2. The van der Waals surface area contributed by atoms with Gasteiger partial charge in [0, 0.05) is 5.39 Å². The predicted molar refractivity (Wildman–Crippen MR) is 77.9 cm³/mol. The van der Waals surface area contributed by atoms with Crippen LogP contribution in [-0.4, -0.2) is 18.0 Å². The van der Waals surface area contributed by atoms with E-state index in [-0.39, 0.29) is 0 Å². The van der Waals surface area contributed by atoms with Crippen LogP contribution in [0.4, 0.5) is 0 Å². The van der Waals surface area contributed by atoms with Gasteiger partial charge < -0.3 is 19.6 Å². The van der Waals surface area contributed by atoms with Gasteiger partial charge in [-0.2, -0.15) is 0 Å². The van der Waals surface area contributed by atoms with Crippen LogP contribution in [0.3, 0.4) is 0 Å². The second-order valence-corrected chi connectivity index (χ2v) is 5.65. The lowest BCUT2D eigenvalue weighted by atomic mass is 9.88. The molecule has 1 fully saturated rings. The fraction of sp³-hybridized carbons (Fsp3) is 0.375. The Morgan fingerprint density at radius 2 is 1.64 bits per heavy atom. The Balaban J connectivity index is 2.40. The summed E-state index contributed by atoms with van der Waals surface area (Å²) in [5.41, 5.74) is 9.89. The monoisotopic (exact) mass is 303 g/mol. The third-order valence-electron chi connectivity index (χ3n) is 4.40. The normalized spacial score (nSPS) is 18.4. The van der Waals surface area contributed by atoms with Crippen molar-refractivity contribution in [3.05, 3.63) is 34.6 Å². The summed E-state index contributed by atoms with van der Waals surface area (Å²) in [5.74, 6) is -3.75. The molecule has 0 spiro atoms. The van der Waals surface area contributed by atoms with Crippen LogP contribution in [0, 0.1) is 20.8 Å². The van der Waals surface area contributed by atoms with Crippen molar-refractivity contribution >= 4 is 22.9 Å². The maximum atomic E-state index is 11.6. The molecule has 0 amide bonds. The summed E-state index contributed by atoms with van der Waals surface area (Å²) in [6.07, 6.45) is 1.55. The molecule has 1 saturated heterocycles. The minimum atomic E-state index is -1.66. The van der Waals surface area contributed by atoms with E-state index in [2.05, 4.69) is 0 Å². The van der Waals surface area contributed by atoms with Crippen molar-refractivity contribution in [1.29, 1.82) is 0 Å². The van der Waals surface area contributed by atoms with E-state index in [9.17, 15) is 9.59 Å². The molecule has 1 aliphatic heterocycles. The van der Waals surface area contributed by atoms with E-state index < -0.39 is 23.8 Å². The van der Waals surface area contributed by atoms with Gasteiger partial charge in [-0.15, -0.1) is 0 Å². The minimum Gasteiger partial charge on any atom is -0.464 e. The number of hydrogen-bond acceptors (Lipinski definition) is 6. The van der Waals surface area contributed by atoms with Crippen LogP contribution in [0.2, 0.25) is 0 Å². The summed E-state index contributed by atoms with van der Waals surface area (Å²) in [4.78, 5) is 23.2. The lowest BCUT2D eigenvalue weighted by Gasteiger charge is -2.31. The van der Waals surface area contributed by atoms with Crippen LogP contribution in [0.15, 0.2) is 16.7 Å². The zero-order valence-corrected chi connectivity index (χ0v) is 12.9. The van der Waals surface area contributed by atoms with Crippen molar-refractivity contribution in [1.82, 2.24) is 0 Å². The number of carbonyl (C=O) groups excluding carboxylic acids is 2. The number of cyclic esters (lactones) is 2. The number of benzene rings is 1. The lowest BCUT2D eigenvalue weighted by molar-refractivity contribution is -0.191. The molecule has 6 heteroatoms. The van der Waals surface area contributed by atoms with E-state index in [0.29, 0.717) is 11.1 Å². The molecule has 2 aromatic rings.